The standard InChI is InChI=1S/C11H16O4/c1-13-9-5-4-8(6-10(9)14-2)11(7-12)15-3/h4-6,11-12H,7H2,1-3H3/t11-/m1/s1. The number of aliphatic hydroxyl groups excluding tert-OH is 1. The summed E-state index contributed by atoms with van der Waals surface area (Å²) in [4.78, 5) is 0. The normalized spacial score (nSPS) is 12.3. The van der Waals surface area contributed by atoms with Crippen LogP contribution in [0, 0.1) is 0 Å². The van der Waals surface area contributed by atoms with Gasteiger partial charge in [0, 0.05) is 7.11 Å². The fourth-order valence-corrected chi connectivity index (χ4v) is 1.37. The largest absolute Gasteiger partial charge is 0.493 e. The van der Waals surface area contributed by atoms with Crippen molar-refractivity contribution >= 4 is 0 Å². The molecule has 0 fully saturated rings. The molecule has 0 aliphatic rings. The van der Waals surface area contributed by atoms with Crippen molar-refractivity contribution in [1.82, 2.24) is 0 Å². The second-order valence-electron chi connectivity index (χ2n) is 3.02. The van der Waals surface area contributed by atoms with Gasteiger partial charge in [-0.2, -0.15) is 0 Å². The van der Waals surface area contributed by atoms with Crippen LogP contribution in [0.2, 0.25) is 0 Å². The van der Waals surface area contributed by atoms with Gasteiger partial charge < -0.3 is 19.3 Å². The van der Waals surface area contributed by atoms with Gasteiger partial charge in [-0.15, -0.1) is 0 Å². The minimum atomic E-state index is -0.329. The molecule has 1 rings (SSSR count). The second-order valence-corrected chi connectivity index (χ2v) is 3.02. The van der Waals surface area contributed by atoms with Crippen molar-refractivity contribution in [3.8, 4) is 11.5 Å². The molecule has 0 unspecified atom stereocenters. The highest BCUT2D eigenvalue weighted by molar-refractivity contribution is 5.43. The van der Waals surface area contributed by atoms with Crippen LogP contribution < -0.4 is 9.47 Å². The Morgan fingerprint density at radius 1 is 1.13 bits per heavy atom. The zero-order chi connectivity index (χ0) is 11.3. The molecule has 0 aromatic heterocycles. The topological polar surface area (TPSA) is 47.9 Å². The number of rotatable bonds is 5. The van der Waals surface area contributed by atoms with Crippen molar-refractivity contribution in [3.05, 3.63) is 23.8 Å². The fraction of sp³-hybridized carbons (Fsp3) is 0.455. The molecule has 0 saturated carbocycles. The Morgan fingerprint density at radius 3 is 2.27 bits per heavy atom. The van der Waals surface area contributed by atoms with Gasteiger partial charge in [0.2, 0.25) is 0 Å². The quantitative estimate of drug-likeness (QED) is 0.801. The molecule has 0 spiro atoms. The Bertz CT molecular complexity index is 307. The maximum Gasteiger partial charge on any atom is 0.161 e. The Hall–Kier alpha value is -1.26. The molecule has 4 heteroatoms. The van der Waals surface area contributed by atoms with Gasteiger partial charge >= 0.3 is 0 Å². The summed E-state index contributed by atoms with van der Waals surface area (Å²) in [7, 11) is 4.71. The summed E-state index contributed by atoms with van der Waals surface area (Å²) in [6.45, 7) is -0.0635. The highest BCUT2D eigenvalue weighted by Gasteiger charge is 2.12. The van der Waals surface area contributed by atoms with E-state index in [4.69, 9.17) is 19.3 Å². The fourth-order valence-electron chi connectivity index (χ4n) is 1.37. The Kier molecular flexibility index (Phi) is 4.39. The van der Waals surface area contributed by atoms with Crippen molar-refractivity contribution in [2.75, 3.05) is 27.9 Å². The molecule has 0 bridgehead atoms. The van der Waals surface area contributed by atoms with E-state index in [9.17, 15) is 0 Å². The molecule has 0 aliphatic carbocycles. The van der Waals surface area contributed by atoms with Gasteiger partial charge in [0.05, 0.1) is 20.8 Å². The first-order chi connectivity index (χ1) is 7.26. The minimum absolute atomic E-state index is 0.0635. The van der Waals surface area contributed by atoms with E-state index in [1.54, 1.807) is 33.5 Å². The lowest BCUT2D eigenvalue weighted by molar-refractivity contribution is 0.0482. The van der Waals surface area contributed by atoms with Gasteiger partial charge in [-0.3, -0.25) is 0 Å². The van der Waals surface area contributed by atoms with E-state index >= 15 is 0 Å². The molecule has 0 saturated heterocycles. The summed E-state index contributed by atoms with van der Waals surface area (Å²) in [5.74, 6) is 1.29. The average molecular weight is 212 g/mol. The molecular formula is C11H16O4. The Morgan fingerprint density at radius 2 is 1.80 bits per heavy atom. The molecule has 0 amide bonds. The molecule has 0 radical (unpaired) electrons. The summed E-state index contributed by atoms with van der Waals surface area (Å²) in [5, 5.41) is 9.07. The van der Waals surface area contributed by atoms with E-state index in [0.717, 1.165) is 5.56 Å². The van der Waals surface area contributed by atoms with Crippen LogP contribution in [0.5, 0.6) is 11.5 Å². The monoisotopic (exact) mass is 212 g/mol. The Balaban J connectivity index is 3.01. The van der Waals surface area contributed by atoms with Crippen molar-refractivity contribution in [3.63, 3.8) is 0 Å². The first kappa shape index (κ1) is 11.8. The summed E-state index contributed by atoms with van der Waals surface area (Å²) < 4.78 is 15.4. The van der Waals surface area contributed by atoms with Gasteiger partial charge in [-0.1, -0.05) is 6.07 Å². The molecular weight excluding hydrogens is 196 g/mol. The molecule has 15 heavy (non-hydrogen) atoms. The van der Waals surface area contributed by atoms with Crippen LogP contribution in [0.15, 0.2) is 18.2 Å². The van der Waals surface area contributed by atoms with Crippen LogP contribution in [-0.2, 0) is 4.74 Å². The van der Waals surface area contributed by atoms with E-state index in [1.807, 2.05) is 6.07 Å². The van der Waals surface area contributed by atoms with Crippen LogP contribution in [-0.4, -0.2) is 33.0 Å². The van der Waals surface area contributed by atoms with E-state index in [0.29, 0.717) is 11.5 Å². The van der Waals surface area contributed by atoms with Crippen molar-refractivity contribution in [2.24, 2.45) is 0 Å². The maximum atomic E-state index is 9.07. The maximum absolute atomic E-state index is 9.07. The highest BCUT2D eigenvalue weighted by Crippen LogP contribution is 2.30. The van der Waals surface area contributed by atoms with Crippen LogP contribution in [0.1, 0.15) is 11.7 Å². The lowest BCUT2D eigenvalue weighted by Crippen LogP contribution is -2.06. The van der Waals surface area contributed by atoms with Gasteiger partial charge in [0.25, 0.3) is 0 Å². The molecule has 0 heterocycles. The van der Waals surface area contributed by atoms with Gasteiger partial charge in [0.1, 0.15) is 6.10 Å². The number of aliphatic hydroxyl groups is 1. The second kappa shape index (κ2) is 5.58. The first-order valence-electron chi connectivity index (χ1n) is 4.62. The number of hydrogen-bond acceptors (Lipinski definition) is 4. The van der Waals surface area contributed by atoms with Crippen LogP contribution in [0.3, 0.4) is 0 Å². The number of methoxy groups -OCH3 is 3. The highest BCUT2D eigenvalue weighted by atomic mass is 16.5. The molecule has 1 N–H and O–H groups in total. The molecule has 1 aromatic carbocycles. The van der Waals surface area contributed by atoms with Gasteiger partial charge in [-0.05, 0) is 17.7 Å². The molecule has 0 aliphatic heterocycles. The predicted octanol–water partition coefficient (Wildman–Crippen LogP) is 1.38. The third kappa shape index (κ3) is 2.61. The zero-order valence-electron chi connectivity index (χ0n) is 9.19. The summed E-state index contributed by atoms with van der Waals surface area (Å²) in [6, 6.07) is 5.42. The van der Waals surface area contributed by atoms with Crippen molar-refractivity contribution < 1.29 is 19.3 Å². The summed E-state index contributed by atoms with van der Waals surface area (Å²) >= 11 is 0. The van der Waals surface area contributed by atoms with E-state index in [2.05, 4.69) is 0 Å². The van der Waals surface area contributed by atoms with E-state index in [-0.39, 0.29) is 12.7 Å². The number of ether oxygens (including phenoxy) is 3. The lowest BCUT2D eigenvalue weighted by Gasteiger charge is -2.15. The molecule has 84 valence electrons. The number of benzene rings is 1. The minimum Gasteiger partial charge on any atom is -0.493 e. The van der Waals surface area contributed by atoms with E-state index < -0.39 is 0 Å². The first-order valence-corrected chi connectivity index (χ1v) is 4.62. The van der Waals surface area contributed by atoms with E-state index in [1.165, 1.54) is 0 Å². The third-order valence-electron chi connectivity index (χ3n) is 2.23. The smallest absolute Gasteiger partial charge is 0.161 e. The molecule has 1 atom stereocenters. The van der Waals surface area contributed by atoms with Crippen LogP contribution >= 0.6 is 0 Å². The number of hydrogen-bond donors (Lipinski definition) is 1. The predicted molar refractivity (Wildman–Crippen MR) is 56.4 cm³/mol. The van der Waals surface area contributed by atoms with Crippen molar-refractivity contribution in [1.29, 1.82) is 0 Å². The molecule has 4 nitrogen and oxygen atoms in total. The zero-order valence-corrected chi connectivity index (χ0v) is 9.19. The summed E-state index contributed by atoms with van der Waals surface area (Å²) in [5.41, 5.74) is 0.859. The summed E-state index contributed by atoms with van der Waals surface area (Å²) in [6.07, 6.45) is -0.329. The lowest BCUT2D eigenvalue weighted by atomic mass is 10.1. The van der Waals surface area contributed by atoms with Crippen LogP contribution in [0.25, 0.3) is 0 Å². The molecule has 1 aromatic rings. The van der Waals surface area contributed by atoms with Crippen LogP contribution in [0.4, 0.5) is 0 Å². The third-order valence-corrected chi connectivity index (χ3v) is 2.23. The van der Waals surface area contributed by atoms with Gasteiger partial charge in [-0.25, -0.2) is 0 Å². The average Bonchev–Trinajstić information content (AvgIpc) is 2.30. The van der Waals surface area contributed by atoms with Gasteiger partial charge in [0.15, 0.2) is 11.5 Å². The SMILES string of the molecule is COc1ccc([C@@H](CO)OC)cc1OC. The Labute approximate surface area is 89.4 Å². The van der Waals surface area contributed by atoms with Crippen molar-refractivity contribution in [2.45, 2.75) is 6.10 Å².